The van der Waals surface area contributed by atoms with Crippen LogP contribution in [0, 0.1) is 5.82 Å². The molecule has 1 heterocycles. The van der Waals surface area contributed by atoms with Crippen molar-refractivity contribution in [2.75, 3.05) is 20.3 Å². The van der Waals surface area contributed by atoms with Gasteiger partial charge in [0.05, 0.1) is 6.61 Å². The minimum Gasteiger partial charge on any atom is -0.383 e. The first-order chi connectivity index (χ1) is 10.2. The third-order valence-corrected chi connectivity index (χ3v) is 3.53. The Bertz CT molecular complexity index is 565. The molecule has 0 unspecified atom stereocenters. The molecular weight excluding hydrogens is 291 g/mol. The molecule has 0 bridgehead atoms. The van der Waals surface area contributed by atoms with Crippen molar-refractivity contribution in [1.29, 1.82) is 0 Å². The molecule has 0 saturated heterocycles. The average molecular weight is 309 g/mol. The molecular formula is C16H18ClFN2O. The van der Waals surface area contributed by atoms with E-state index in [2.05, 4.69) is 9.88 Å². The number of pyridine rings is 1. The predicted octanol–water partition coefficient (Wildman–Crippen LogP) is 3.52. The lowest BCUT2D eigenvalue weighted by Crippen LogP contribution is -2.26. The molecule has 0 atom stereocenters. The Balaban J connectivity index is 2.08. The van der Waals surface area contributed by atoms with Crippen LogP contribution in [0.15, 0.2) is 42.7 Å². The highest BCUT2D eigenvalue weighted by atomic mass is 35.5. The minimum atomic E-state index is -0.318. The van der Waals surface area contributed by atoms with Gasteiger partial charge in [-0.05, 0) is 35.4 Å². The van der Waals surface area contributed by atoms with Gasteiger partial charge in [0.15, 0.2) is 0 Å². The lowest BCUT2D eigenvalue weighted by molar-refractivity contribution is 0.140. The van der Waals surface area contributed by atoms with E-state index in [1.807, 2.05) is 12.1 Å². The van der Waals surface area contributed by atoms with E-state index in [9.17, 15) is 4.39 Å². The molecule has 0 N–H and O–H groups in total. The zero-order valence-electron chi connectivity index (χ0n) is 11.9. The van der Waals surface area contributed by atoms with Gasteiger partial charge in [-0.1, -0.05) is 17.7 Å². The van der Waals surface area contributed by atoms with Crippen molar-refractivity contribution in [3.8, 4) is 0 Å². The summed E-state index contributed by atoms with van der Waals surface area (Å²) in [5, 5.41) is 0.451. The molecule has 0 spiro atoms. The normalized spacial score (nSPS) is 11.0. The van der Waals surface area contributed by atoms with Crippen molar-refractivity contribution >= 4 is 11.6 Å². The molecule has 1 aromatic heterocycles. The van der Waals surface area contributed by atoms with Crippen LogP contribution in [0.3, 0.4) is 0 Å². The third kappa shape index (κ3) is 5.08. The first-order valence-electron chi connectivity index (χ1n) is 6.73. The summed E-state index contributed by atoms with van der Waals surface area (Å²) in [6, 6.07) is 8.46. The van der Waals surface area contributed by atoms with Gasteiger partial charge in [0.1, 0.15) is 5.82 Å². The van der Waals surface area contributed by atoms with E-state index in [4.69, 9.17) is 16.3 Å². The summed E-state index contributed by atoms with van der Waals surface area (Å²) in [5.41, 5.74) is 2.07. The van der Waals surface area contributed by atoms with Gasteiger partial charge >= 0.3 is 0 Å². The van der Waals surface area contributed by atoms with Crippen LogP contribution < -0.4 is 0 Å². The number of ether oxygens (including phenoxy) is 1. The maximum atomic E-state index is 13.1. The lowest BCUT2D eigenvalue weighted by atomic mass is 10.2. The number of halogens is 2. The summed E-state index contributed by atoms with van der Waals surface area (Å²) in [7, 11) is 1.68. The second kappa shape index (κ2) is 8.08. The number of aromatic nitrogens is 1. The monoisotopic (exact) mass is 308 g/mol. The van der Waals surface area contributed by atoms with Crippen LogP contribution in [0.5, 0.6) is 0 Å². The number of rotatable bonds is 7. The van der Waals surface area contributed by atoms with Crippen LogP contribution in [-0.4, -0.2) is 30.1 Å². The number of benzene rings is 1. The van der Waals surface area contributed by atoms with E-state index in [0.717, 1.165) is 18.7 Å². The SMILES string of the molecule is COCCN(Cc1ccncc1)Cc1ccc(F)cc1Cl. The summed E-state index contributed by atoms with van der Waals surface area (Å²) >= 11 is 6.10. The van der Waals surface area contributed by atoms with E-state index in [-0.39, 0.29) is 5.82 Å². The number of nitrogens with zero attached hydrogens (tertiary/aromatic N) is 2. The summed E-state index contributed by atoms with van der Waals surface area (Å²) < 4.78 is 18.3. The van der Waals surface area contributed by atoms with Crippen LogP contribution >= 0.6 is 11.6 Å². The van der Waals surface area contributed by atoms with Crippen molar-refractivity contribution in [1.82, 2.24) is 9.88 Å². The fourth-order valence-electron chi connectivity index (χ4n) is 2.07. The van der Waals surface area contributed by atoms with Crippen molar-refractivity contribution in [3.05, 3.63) is 64.7 Å². The van der Waals surface area contributed by atoms with Gasteiger partial charge in [0.25, 0.3) is 0 Å². The molecule has 0 aliphatic heterocycles. The van der Waals surface area contributed by atoms with Crippen LogP contribution in [0.1, 0.15) is 11.1 Å². The molecule has 112 valence electrons. The number of hydrogen-bond acceptors (Lipinski definition) is 3. The van der Waals surface area contributed by atoms with Crippen molar-refractivity contribution in [2.24, 2.45) is 0 Å². The minimum absolute atomic E-state index is 0.318. The van der Waals surface area contributed by atoms with Crippen LogP contribution in [0.4, 0.5) is 4.39 Å². The molecule has 3 nitrogen and oxygen atoms in total. The fourth-order valence-corrected chi connectivity index (χ4v) is 2.30. The van der Waals surface area contributed by atoms with Gasteiger partial charge in [-0.15, -0.1) is 0 Å². The fraction of sp³-hybridized carbons (Fsp3) is 0.312. The Labute approximate surface area is 129 Å². The Morgan fingerprint density at radius 2 is 1.95 bits per heavy atom. The zero-order chi connectivity index (χ0) is 15.1. The number of hydrogen-bond donors (Lipinski definition) is 0. The molecule has 2 rings (SSSR count). The first kappa shape index (κ1) is 15.9. The van der Waals surface area contributed by atoms with Gasteiger partial charge in [-0.2, -0.15) is 0 Å². The Morgan fingerprint density at radius 3 is 2.62 bits per heavy atom. The smallest absolute Gasteiger partial charge is 0.124 e. The van der Waals surface area contributed by atoms with E-state index in [1.165, 1.54) is 17.7 Å². The topological polar surface area (TPSA) is 25.4 Å². The average Bonchev–Trinajstić information content (AvgIpc) is 2.48. The molecule has 0 fully saturated rings. The Morgan fingerprint density at radius 1 is 1.19 bits per heavy atom. The number of methoxy groups -OCH3 is 1. The predicted molar refractivity (Wildman–Crippen MR) is 81.6 cm³/mol. The van der Waals surface area contributed by atoms with Gasteiger partial charge in [0.2, 0.25) is 0 Å². The van der Waals surface area contributed by atoms with Crippen LogP contribution in [-0.2, 0) is 17.8 Å². The van der Waals surface area contributed by atoms with Crippen molar-refractivity contribution in [2.45, 2.75) is 13.1 Å². The Kier molecular flexibility index (Phi) is 6.11. The molecule has 0 aliphatic rings. The molecule has 21 heavy (non-hydrogen) atoms. The molecule has 2 aromatic rings. The highest BCUT2D eigenvalue weighted by Gasteiger charge is 2.10. The molecule has 0 aliphatic carbocycles. The first-order valence-corrected chi connectivity index (χ1v) is 7.11. The van der Waals surface area contributed by atoms with Crippen molar-refractivity contribution < 1.29 is 9.13 Å². The molecule has 0 saturated carbocycles. The van der Waals surface area contributed by atoms with E-state index in [1.54, 1.807) is 25.6 Å². The quantitative estimate of drug-likeness (QED) is 0.782. The molecule has 0 radical (unpaired) electrons. The second-order valence-electron chi connectivity index (χ2n) is 4.79. The molecule has 5 heteroatoms. The van der Waals surface area contributed by atoms with Gasteiger partial charge in [-0.3, -0.25) is 9.88 Å². The standard InChI is InChI=1S/C16H18ClFN2O/c1-21-9-8-20(11-13-4-6-19-7-5-13)12-14-2-3-15(18)10-16(14)17/h2-7,10H,8-9,11-12H2,1H3. The van der Waals surface area contributed by atoms with Crippen LogP contribution in [0.2, 0.25) is 5.02 Å². The zero-order valence-corrected chi connectivity index (χ0v) is 12.7. The summed E-state index contributed by atoms with van der Waals surface area (Å²) in [6.45, 7) is 2.81. The largest absolute Gasteiger partial charge is 0.383 e. The lowest BCUT2D eigenvalue weighted by Gasteiger charge is -2.22. The van der Waals surface area contributed by atoms with Gasteiger partial charge in [-0.25, -0.2) is 4.39 Å². The second-order valence-corrected chi connectivity index (χ2v) is 5.20. The van der Waals surface area contributed by atoms with E-state index >= 15 is 0 Å². The van der Waals surface area contributed by atoms with Gasteiger partial charge < -0.3 is 4.74 Å². The molecule has 1 aromatic carbocycles. The van der Waals surface area contributed by atoms with Crippen LogP contribution in [0.25, 0.3) is 0 Å². The highest BCUT2D eigenvalue weighted by Crippen LogP contribution is 2.20. The third-order valence-electron chi connectivity index (χ3n) is 3.18. The van der Waals surface area contributed by atoms with Gasteiger partial charge in [0, 0.05) is 44.2 Å². The summed E-state index contributed by atoms with van der Waals surface area (Å²) in [5.74, 6) is -0.318. The van der Waals surface area contributed by atoms with E-state index in [0.29, 0.717) is 18.2 Å². The van der Waals surface area contributed by atoms with E-state index < -0.39 is 0 Å². The maximum absolute atomic E-state index is 13.1. The highest BCUT2D eigenvalue weighted by molar-refractivity contribution is 6.31. The summed E-state index contributed by atoms with van der Waals surface area (Å²) in [6.07, 6.45) is 3.55. The Hall–Kier alpha value is -1.49. The van der Waals surface area contributed by atoms with Crippen molar-refractivity contribution in [3.63, 3.8) is 0 Å². The maximum Gasteiger partial charge on any atom is 0.124 e. The molecule has 0 amide bonds. The summed E-state index contributed by atoms with van der Waals surface area (Å²) in [4.78, 5) is 6.22.